The largest absolute Gasteiger partial charge is 0.467 e. The van der Waals surface area contributed by atoms with Crippen molar-refractivity contribution in [3.05, 3.63) is 69.6 Å². The van der Waals surface area contributed by atoms with Crippen LogP contribution in [-0.2, 0) is 20.9 Å². The Balaban J connectivity index is 1.54. The van der Waals surface area contributed by atoms with Gasteiger partial charge in [0.1, 0.15) is 6.04 Å². The zero-order valence-corrected chi connectivity index (χ0v) is 19.3. The molecule has 0 radical (unpaired) electrons. The summed E-state index contributed by atoms with van der Waals surface area (Å²) in [7, 11) is 1.31. The summed E-state index contributed by atoms with van der Waals surface area (Å²) < 4.78 is 6.77. The van der Waals surface area contributed by atoms with Crippen LogP contribution >= 0.6 is 0 Å². The quantitative estimate of drug-likeness (QED) is 0.691. The fraction of sp³-hybridized carbons (Fsp3) is 0.444. The molecule has 1 saturated carbocycles. The molecule has 4 atom stereocenters. The van der Waals surface area contributed by atoms with E-state index in [0.29, 0.717) is 12.1 Å². The molecule has 5 rings (SSSR count). The number of aromatic nitrogens is 1. The molecule has 1 aliphatic carbocycles. The monoisotopic (exact) mass is 462 g/mol. The molecule has 3 heterocycles. The van der Waals surface area contributed by atoms with Gasteiger partial charge in [0.05, 0.1) is 13.2 Å². The molecule has 7 nitrogen and oxygen atoms in total. The molecule has 3 aliphatic rings. The van der Waals surface area contributed by atoms with Gasteiger partial charge in [-0.2, -0.15) is 0 Å². The summed E-state index contributed by atoms with van der Waals surface area (Å²) in [5, 5.41) is 10.3. The summed E-state index contributed by atoms with van der Waals surface area (Å²) in [6, 6.07) is 12.2. The SMILES string of the molecule is COC(=O)[C@H]1[C@H](CO)[C@H]2Cn3c(ccc(/C=C/c4ccccc4)c3=O)[C@H]2N1C(=O)C1CCCC1. The molecule has 1 amide bonds. The number of carbonyl (C=O) groups excluding carboxylic acids is 2. The van der Waals surface area contributed by atoms with Gasteiger partial charge in [-0.3, -0.25) is 9.59 Å². The van der Waals surface area contributed by atoms with Crippen LogP contribution in [-0.4, -0.2) is 46.2 Å². The van der Waals surface area contributed by atoms with Gasteiger partial charge in [-0.05, 0) is 36.6 Å². The number of fused-ring (bicyclic) bond motifs is 3. The number of aliphatic hydroxyl groups excluding tert-OH is 1. The van der Waals surface area contributed by atoms with Gasteiger partial charge in [0.2, 0.25) is 5.91 Å². The fourth-order valence-corrected chi connectivity index (χ4v) is 6.10. The van der Waals surface area contributed by atoms with Crippen LogP contribution in [0.1, 0.15) is 48.5 Å². The number of benzene rings is 1. The summed E-state index contributed by atoms with van der Waals surface area (Å²) in [5.41, 5.74) is 2.16. The zero-order valence-electron chi connectivity index (χ0n) is 19.3. The molecular formula is C27H30N2O5. The predicted octanol–water partition coefficient (Wildman–Crippen LogP) is 2.87. The highest BCUT2D eigenvalue weighted by molar-refractivity contribution is 5.87. The van der Waals surface area contributed by atoms with Gasteiger partial charge < -0.3 is 19.3 Å². The average Bonchev–Trinajstić information content (AvgIpc) is 3.59. The second-order valence-electron chi connectivity index (χ2n) is 9.52. The first-order valence-corrected chi connectivity index (χ1v) is 12.0. The summed E-state index contributed by atoms with van der Waals surface area (Å²) in [5.74, 6) is -1.39. The normalized spacial score (nSPS) is 26.1. The Morgan fingerprint density at radius 1 is 1.09 bits per heavy atom. The Kier molecular flexibility index (Phi) is 6.13. The van der Waals surface area contributed by atoms with Crippen LogP contribution in [0.3, 0.4) is 0 Å². The molecular weight excluding hydrogens is 432 g/mol. The molecule has 7 heteroatoms. The van der Waals surface area contributed by atoms with Crippen molar-refractivity contribution in [2.45, 2.75) is 44.3 Å². The molecule has 178 valence electrons. The molecule has 2 aliphatic heterocycles. The topological polar surface area (TPSA) is 88.8 Å². The van der Waals surface area contributed by atoms with Gasteiger partial charge in [-0.25, -0.2) is 4.79 Å². The van der Waals surface area contributed by atoms with Crippen LogP contribution in [0.4, 0.5) is 0 Å². The minimum absolute atomic E-state index is 0.0622. The van der Waals surface area contributed by atoms with E-state index in [4.69, 9.17) is 4.74 Å². The van der Waals surface area contributed by atoms with E-state index in [0.717, 1.165) is 36.9 Å². The molecule has 34 heavy (non-hydrogen) atoms. The number of aliphatic hydroxyl groups is 1. The van der Waals surface area contributed by atoms with Crippen molar-refractivity contribution in [3.8, 4) is 0 Å². The minimum atomic E-state index is -0.834. The van der Waals surface area contributed by atoms with Crippen molar-refractivity contribution in [3.63, 3.8) is 0 Å². The Morgan fingerprint density at radius 2 is 1.82 bits per heavy atom. The number of carbonyl (C=O) groups is 2. The number of methoxy groups -OCH3 is 1. The smallest absolute Gasteiger partial charge is 0.328 e. The van der Waals surface area contributed by atoms with Crippen LogP contribution in [0, 0.1) is 17.8 Å². The van der Waals surface area contributed by atoms with Gasteiger partial charge in [-0.1, -0.05) is 49.2 Å². The highest BCUT2D eigenvalue weighted by Crippen LogP contribution is 2.50. The van der Waals surface area contributed by atoms with Gasteiger partial charge >= 0.3 is 5.97 Å². The Morgan fingerprint density at radius 3 is 2.50 bits per heavy atom. The predicted molar refractivity (Wildman–Crippen MR) is 127 cm³/mol. The Hall–Kier alpha value is -3.19. The van der Waals surface area contributed by atoms with Gasteiger partial charge in [-0.15, -0.1) is 0 Å². The van der Waals surface area contributed by atoms with Crippen molar-refractivity contribution in [1.29, 1.82) is 0 Å². The van der Waals surface area contributed by atoms with E-state index in [1.54, 1.807) is 21.6 Å². The molecule has 2 fully saturated rings. The van der Waals surface area contributed by atoms with Crippen LogP contribution < -0.4 is 5.56 Å². The minimum Gasteiger partial charge on any atom is -0.467 e. The highest BCUT2D eigenvalue weighted by Gasteiger charge is 2.58. The van der Waals surface area contributed by atoms with Gasteiger partial charge in [0.25, 0.3) is 5.56 Å². The third-order valence-electron chi connectivity index (χ3n) is 7.76. The number of hydrogen-bond acceptors (Lipinski definition) is 5. The first-order chi connectivity index (χ1) is 16.5. The maximum absolute atomic E-state index is 13.6. The number of rotatable bonds is 5. The van der Waals surface area contributed by atoms with Crippen molar-refractivity contribution in [2.24, 2.45) is 17.8 Å². The lowest BCUT2D eigenvalue weighted by Crippen LogP contribution is -2.48. The van der Waals surface area contributed by atoms with Gasteiger partial charge in [0, 0.05) is 42.2 Å². The van der Waals surface area contributed by atoms with Crippen molar-refractivity contribution in [2.75, 3.05) is 13.7 Å². The molecule has 0 bridgehead atoms. The lowest BCUT2D eigenvalue weighted by atomic mass is 9.88. The number of amides is 1. The summed E-state index contributed by atoms with van der Waals surface area (Å²) in [6.07, 6.45) is 7.32. The van der Waals surface area contributed by atoms with Crippen molar-refractivity contribution in [1.82, 2.24) is 9.47 Å². The number of pyridine rings is 1. The van der Waals surface area contributed by atoms with Crippen molar-refractivity contribution < 1.29 is 19.4 Å². The zero-order chi connectivity index (χ0) is 23.8. The average molecular weight is 463 g/mol. The summed E-state index contributed by atoms with van der Waals surface area (Å²) in [4.78, 5) is 41.4. The van der Waals surface area contributed by atoms with Crippen LogP contribution in [0.25, 0.3) is 12.2 Å². The van der Waals surface area contributed by atoms with Crippen LogP contribution in [0.2, 0.25) is 0 Å². The first kappa shape index (κ1) is 22.6. The van der Waals surface area contributed by atoms with E-state index in [-0.39, 0.29) is 29.9 Å². The number of nitrogens with zero attached hydrogens (tertiary/aromatic N) is 2. The van der Waals surface area contributed by atoms with E-state index in [1.807, 2.05) is 42.5 Å². The lowest BCUT2D eigenvalue weighted by molar-refractivity contribution is -0.155. The molecule has 0 spiro atoms. The van der Waals surface area contributed by atoms with Crippen molar-refractivity contribution >= 4 is 24.0 Å². The Labute approximate surface area is 198 Å². The highest BCUT2D eigenvalue weighted by atomic mass is 16.5. The molecule has 0 unspecified atom stereocenters. The van der Waals surface area contributed by atoms with E-state index in [9.17, 15) is 19.5 Å². The molecule has 1 aromatic heterocycles. The van der Waals surface area contributed by atoms with Crippen LogP contribution in [0.5, 0.6) is 0 Å². The Bertz CT molecular complexity index is 1170. The number of likely N-dealkylation sites (tertiary alicyclic amines) is 1. The molecule has 1 aromatic carbocycles. The third-order valence-corrected chi connectivity index (χ3v) is 7.76. The van der Waals surface area contributed by atoms with E-state index < -0.39 is 24.0 Å². The second kappa shape index (κ2) is 9.22. The lowest BCUT2D eigenvalue weighted by Gasteiger charge is -2.32. The second-order valence-corrected chi connectivity index (χ2v) is 9.52. The van der Waals surface area contributed by atoms with E-state index in [2.05, 4.69) is 0 Å². The third kappa shape index (κ3) is 3.68. The summed E-state index contributed by atoms with van der Waals surface area (Å²) in [6.45, 7) is 0.109. The number of hydrogen-bond donors (Lipinski definition) is 1. The first-order valence-electron chi connectivity index (χ1n) is 12.0. The van der Waals surface area contributed by atoms with Crippen LogP contribution in [0.15, 0.2) is 47.3 Å². The van der Waals surface area contributed by atoms with Gasteiger partial charge in [0.15, 0.2) is 0 Å². The van der Waals surface area contributed by atoms with E-state index in [1.165, 1.54) is 7.11 Å². The molecule has 1 saturated heterocycles. The maximum Gasteiger partial charge on any atom is 0.328 e. The molecule has 1 N–H and O–H groups in total. The maximum atomic E-state index is 13.6. The number of ether oxygens (including phenoxy) is 1. The van der Waals surface area contributed by atoms with E-state index >= 15 is 0 Å². The standard InChI is InChI=1S/C27H30N2O5/c1-34-27(33)24-21(16-30)20-15-28-22(23(20)29(24)26(32)18-9-5-6-10-18)14-13-19(25(28)31)12-11-17-7-3-2-4-8-17/h2-4,7-8,11-14,18,20-21,23-24,30H,5-6,9-10,15-16H2,1H3/b12-11+/t20-,21-,23+,24-/m1/s1. The fourth-order valence-electron chi connectivity index (χ4n) is 6.10. The summed E-state index contributed by atoms with van der Waals surface area (Å²) >= 11 is 0. The number of esters is 1. The molecule has 2 aromatic rings.